The highest BCUT2D eigenvalue weighted by atomic mass is 35.5. The molecule has 0 aliphatic heterocycles. The molecular formula is C11H11ClN4O2S2. The molecule has 1 aromatic heterocycles. The normalized spacial score (nSPS) is 11.3. The lowest BCUT2D eigenvalue weighted by Crippen LogP contribution is -2.14. The minimum absolute atomic E-state index is 0.0387. The van der Waals surface area contributed by atoms with E-state index in [0.717, 1.165) is 0 Å². The van der Waals surface area contributed by atoms with Gasteiger partial charge in [0.05, 0.1) is 16.9 Å². The fourth-order valence-electron chi connectivity index (χ4n) is 1.50. The highest BCUT2D eigenvalue weighted by molar-refractivity contribution is 7.92. The van der Waals surface area contributed by atoms with Crippen molar-refractivity contribution in [1.82, 2.24) is 9.78 Å². The van der Waals surface area contributed by atoms with Crippen molar-refractivity contribution in [3.8, 4) is 0 Å². The number of nitrogens with one attached hydrogen (secondary N) is 1. The van der Waals surface area contributed by atoms with E-state index in [0.29, 0.717) is 5.56 Å². The lowest BCUT2D eigenvalue weighted by Gasteiger charge is -2.09. The van der Waals surface area contributed by atoms with Crippen LogP contribution in [0.3, 0.4) is 0 Å². The van der Waals surface area contributed by atoms with Crippen LogP contribution in [-0.4, -0.2) is 23.2 Å². The first-order valence-electron chi connectivity index (χ1n) is 5.40. The number of nitrogens with zero attached hydrogens (tertiary/aromatic N) is 2. The van der Waals surface area contributed by atoms with Crippen LogP contribution in [0.4, 0.5) is 5.69 Å². The monoisotopic (exact) mass is 330 g/mol. The zero-order valence-corrected chi connectivity index (χ0v) is 12.8. The summed E-state index contributed by atoms with van der Waals surface area (Å²) in [4.78, 5) is 0.195. The van der Waals surface area contributed by atoms with E-state index in [-0.39, 0.29) is 20.6 Å². The van der Waals surface area contributed by atoms with Gasteiger partial charge in [-0.15, -0.1) is 0 Å². The number of nitrogens with two attached hydrogens (primary N) is 1. The quantitative estimate of drug-likeness (QED) is 0.829. The number of rotatable bonds is 4. The van der Waals surface area contributed by atoms with Crippen LogP contribution in [0.15, 0.2) is 35.5 Å². The molecule has 106 valence electrons. The zero-order chi connectivity index (χ0) is 14.9. The molecule has 0 radical (unpaired) electrons. The molecule has 0 unspecified atom stereocenters. The number of halogens is 1. The Bertz CT molecular complexity index is 770. The van der Waals surface area contributed by atoms with Gasteiger partial charge in [-0.25, -0.2) is 8.42 Å². The Balaban J connectivity index is 2.39. The average Bonchev–Trinajstić information content (AvgIpc) is 2.79. The predicted molar refractivity (Wildman–Crippen MR) is 81.4 cm³/mol. The number of hydrogen-bond donors (Lipinski definition) is 2. The Morgan fingerprint density at radius 3 is 2.75 bits per heavy atom. The summed E-state index contributed by atoms with van der Waals surface area (Å²) in [6.07, 6.45) is 2.63. The van der Waals surface area contributed by atoms with Crippen molar-refractivity contribution >= 4 is 44.5 Å². The molecule has 6 nitrogen and oxygen atoms in total. The Labute approximate surface area is 126 Å². The molecule has 0 saturated heterocycles. The van der Waals surface area contributed by atoms with Gasteiger partial charge in [-0.3, -0.25) is 9.40 Å². The van der Waals surface area contributed by atoms with Gasteiger partial charge in [0.2, 0.25) is 0 Å². The largest absolute Gasteiger partial charge is 0.389 e. The number of sulfonamides is 1. The van der Waals surface area contributed by atoms with Gasteiger partial charge in [-0.2, -0.15) is 5.10 Å². The summed E-state index contributed by atoms with van der Waals surface area (Å²) >= 11 is 10.8. The van der Waals surface area contributed by atoms with Crippen LogP contribution in [0, 0.1) is 0 Å². The Hall–Kier alpha value is -1.64. The third-order valence-electron chi connectivity index (χ3n) is 2.49. The molecule has 2 rings (SSSR count). The molecule has 0 aliphatic rings. The van der Waals surface area contributed by atoms with Crippen LogP contribution in [0.5, 0.6) is 0 Å². The lowest BCUT2D eigenvalue weighted by molar-refractivity contribution is 0.601. The highest BCUT2D eigenvalue weighted by Gasteiger charge is 2.18. The third-order valence-corrected chi connectivity index (χ3v) is 4.37. The summed E-state index contributed by atoms with van der Waals surface area (Å²) in [5, 5.41) is 4.06. The second kappa shape index (κ2) is 5.39. The van der Waals surface area contributed by atoms with Crippen LogP contribution in [0.1, 0.15) is 5.56 Å². The minimum atomic E-state index is -3.76. The van der Waals surface area contributed by atoms with Crippen molar-refractivity contribution in [3.05, 3.63) is 41.2 Å². The molecule has 0 saturated carbocycles. The first kappa shape index (κ1) is 14.8. The van der Waals surface area contributed by atoms with Gasteiger partial charge in [0.15, 0.2) is 0 Å². The van der Waals surface area contributed by atoms with Crippen LogP contribution in [-0.2, 0) is 17.1 Å². The zero-order valence-electron chi connectivity index (χ0n) is 10.4. The van der Waals surface area contributed by atoms with Crippen molar-refractivity contribution in [2.75, 3.05) is 4.72 Å². The second-order valence-corrected chi connectivity index (χ2v) is 6.54. The molecule has 1 heterocycles. The van der Waals surface area contributed by atoms with E-state index in [1.165, 1.54) is 29.2 Å². The molecule has 0 aliphatic carbocycles. The van der Waals surface area contributed by atoms with Crippen LogP contribution in [0.2, 0.25) is 5.02 Å². The van der Waals surface area contributed by atoms with E-state index in [2.05, 4.69) is 9.82 Å². The number of aromatic nitrogens is 2. The highest BCUT2D eigenvalue weighted by Crippen LogP contribution is 2.25. The maximum absolute atomic E-state index is 12.2. The summed E-state index contributed by atoms with van der Waals surface area (Å²) in [7, 11) is -2.13. The molecule has 9 heteroatoms. The van der Waals surface area contributed by atoms with Crippen molar-refractivity contribution in [1.29, 1.82) is 0 Å². The van der Waals surface area contributed by atoms with Gasteiger partial charge in [0, 0.05) is 18.8 Å². The molecule has 2 aromatic rings. The van der Waals surface area contributed by atoms with E-state index in [1.54, 1.807) is 13.1 Å². The molecule has 3 N–H and O–H groups in total. The van der Waals surface area contributed by atoms with E-state index >= 15 is 0 Å². The standard InChI is InChI=1S/C11H11ClN4O2S2/c1-16-6-8(5-14-16)20(17,18)15-10-4-7(11(13)19)2-3-9(10)12/h2-6,15H,1H3,(H2,13,19). The second-order valence-electron chi connectivity index (χ2n) is 4.01. The molecule has 1 aromatic carbocycles. The predicted octanol–water partition coefficient (Wildman–Crippen LogP) is 1.51. The first-order valence-corrected chi connectivity index (χ1v) is 7.67. The molecule has 20 heavy (non-hydrogen) atoms. The molecule has 0 fully saturated rings. The smallest absolute Gasteiger partial charge is 0.265 e. The summed E-state index contributed by atoms with van der Waals surface area (Å²) in [6.45, 7) is 0. The van der Waals surface area contributed by atoms with Crippen LogP contribution >= 0.6 is 23.8 Å². The Morgan fingerprint density at radius 1 is 1.50 bits per heavy atom. The van der Waals surface area contributed by atoms with E-state index in [9.17, 15) is 8.42 Å². The maximum atomic E-state index is 12.2. The molecular weight excluding hydrogens is 320 g/mol. The Morgan fingerprint density at radius 2 is 2.20 bits per heavy atom. The fraction of sp³-hybridized carbons (Fsp3) is 0.0909. The van der Waals surface area contributed by atoms with Gasteiger partial charge in [0.1, 0.15) is 9.88 Å². The lowest BCUT2D eigenvalue weighted by atomic mass is 10.2. The molecule has 0 amide bonds. The van der Waals surface area contributed by atoms with Crippen molar-refractivity contribution in [2.24, 2.45) is 12.8 Å². The van der Waals surface area contributed by atoms with E-state index < -0.39 is 10.0 Å². The summed E-state index contributed by atoms with van der Waals surface area (Å²) in [6, 6.07) is 4.63. The van der Waals surface area contributed by atoms with Gasteiger partial charge >= 0.3 is 0 Å². The molecule has 0 bridgehead atoms. The SMILES string of the molecule is Cn1cc(S(=O)(=O)Nc2cc(C(N)=S)ccc2Cl)cn1. The third kappa shape index (κ3) is 3.09. The first-order chi connectivity index (χ1) is 9.29. The number of hydrogen-bond acceptors (Lipinski definition) is 4. The topological polar surface area (TPSA) is 90.0 Å². The number of thiocarbonyl (C=S) groups is 1. The fourth-order valence-corrected chi connectivity index (χ4v) is 2.90. The summed E-state index contributed by atoms with van der Waals surface area (Å²) in [5.74, 6) is 0. The number of benzene rings is 1. The van der Waals surface area contributed by atoms with Crippen molar-refractivity contribution in [2.45, 2.75) is 4.90 Å². The van der Waals surface area contributed by atoms with Gasteiger partial charge < -0.3 is 5.73 Å². The van der Waals surface area contributed by atoms with Gasteiger partial charge in [-0.1, -0.05) is 29.9 Å². The van der Waals surface area contributed by atoms with Crippen LogP contribution in [0.25, 0.3) is 0 Å². The van der Waals surface area contributed by atoms with E-state index in [1.807, 2.05) is 0 Å². The summed E-state index contributed by atoms with van der Waals surface area (Å²) in [5.41, 5.74) is 6.24. The van der Waals surface area contributed by atoms with Crippen LogP contribution < -0.4 is 10.5 Å². The van der Waals surface area contributed by atoms with Crippen molar-refractivity contribution < 1.29 is 8.42 Å². The number of aryl methyl sites for hydroxylation is 1. The van der Waals surface area contributed by atoms with E-state index in [4.69, 9.17) is 29.6 Å². The van der Waals surface area contributed by atoms with Gasteiger partial charge in [0.25, 0.3) is 10.0 Å². The molecule has 0 spiro atoms. The number of anilines is 1. The van der Waals surface area contributed by atoms with Crippen molar-refractivity contribution in [3.63, 3.8) is 0 Å². The molecule has 0 atom stereocenters. The maximum Gasteiger partial charge on any atom is 0.265 e. The van der Waals surface area contributed by atoms with Gasteiger partial charge in [-0.05, 0) is 12.1 Å². The minimum Gasteiger partial charge on any atom is -0.389 e. The average molecular weight is 331 g/mol. The Kier molecular flexibility index (Phi) is 3.98. The summed E-state index contributed by atoms with van der Waals surface area (Å²) < 4.78 is 28.1.